The van der Waals surface area contributed by atoms with Crippen molar-refractivity contribution in [2.75, 3.05) is 5.32 Å². The topological polar surface area (TPSA) is 115 Å². The van der Waals surface area contributed by atoms with Crippen LogP contribution in [-0.4, -0.2) is 44.4 Å². The minimum Gasteiger partial charge on any atom is -0.390 e. The summed E-state index contributed by atoms with van der Waals surface area (Å²) in [5, 5.41) is 17.9. The van der Waals surface area contributed by atoms with Gasteiger partial charge in [-0.1, -0.05) is 0 Å². The summed E-state index contributed by atoms with van der Waals surface area (Å²) < 4.78 is 4.95. The lowest BCUT2D eigenvalue weighted by atomic mass is 9.83. The lowest BCUT2D eigenvalue weighted by molar-refractivity contribution is 0.00389. The van der Waals surface area contributed by atoms with Crippen molar-refractivity contribution in [2.45, 2.75) is 51.2 Å². The van der Waals surface area contributed by atoms with Crippen LogP contribution >= 0.6 is 0 Å². The molecule has 2 unspecified atom stereocenters. The van der Waals surface area contributed by atoms with Gasteiger partial charge >= 0.3 is 5.69 Å². The Balaban J connectivity index is 1.58. The summed E-state index contributed by atoms with van der Waals surface area (Å²) in [5.41, 5.74) is 2.87. The predicted octanol–water partition coefficient (Wildman–Crippen LogP) is 2.09. The Morgan fingerprint density at radius 3 is 2.97 bits per heavy atom. The van der Waals surface area contributed by atoms with Gasteiger partial charge in [-0.15, -0.1) is 0 Å². The Labute approximate surface area is 172 Å². The van der Waals surface area contributed by atoms with Gasteiger partial charge in [-0.3, -0.25) is 9.13 Å². The molecule has 2 atom stereocenters. The number of anilines is 2. The first kappa shape index (κ1) is 18.7. The van der Waals surface area contributed by atoms with Crippen LogP contribution in [0.25, 0.3) is 16.8 Å². The molecule has 2 N–H and O–H groups in total. The molecule has 0 aliphatic heterocycles. The number of imidazole rings is 1. The number of aromatic nitrogens is 7. The molecule has 4 aromatic rings. The maximum Gasteiger partial charge on any atom is 0.330 e. The van der Waals surface area contributed by atoms with Gasteiger partial charge in [-0.25, -0.2) is 19.3 Å². The number of aliphatic hydroxyl groups is 1. The number of nitrogens with one attached hydrogen (secondary N) is 1. The van der Waals surface area contributed by atoms with Crippen LogP contribution in [0.3, 0.4) is 0 Å². The third-order valence-electron chi connectivity index (χ3n) is 5.99. The number of fused-ring (bicyclic) bond motifs is 2. The maximum atomic E-state index is 13.0. The van der Waals surface area contributed by atoms with Crippen LogP contribution in [0.4, 0.5) is 11.6 Å². The van der Waals surface area contributed by atoms with Crippen molar-refractivity contribution in [2.24, 2.45) is 7.05 Å². The van der Waals surface area contributed by atoms with Crippen molar-refractivity contribution in [3.05, 3.63) is 40.8 Å². The average Bonchev–Trinajstić information content (AvgIpc) is 3.23. The molecule has 1 fully saturated rings. The van der Waals surface area contributed by atoms with Crippen molar-refractivity contribution in [1.29, 1.82) is 0 Å². The highest BCUT2D eigenvalue weighted by Gasteiger charge is 2.33. The molecule has 1 saturated carbocycles. The molecule has 0 saturated heterocycles. The Morgan fingerprint density at radius 1 is 1.33 bits per heavy atom. The molecule has 0 radical (unpaired) electrons. The van der Waals surface area contributed by atoms with Crippen LogP contribution in [0, 0.1) is 6.92 Å². The molecule has 10 nitrogen and oxygen atoms in total. The molecule has 0 amide bonds. The number of pyridine rings is 1. The highest BCUT2D eigenvalue weighted by atomic mass is 16.3. The number of hydrogen-bond donors (Lipinski definition) is 2. The highest BCUT2D eigenvalue weighted by Crippen LogP contribution is 2.35. The number of aryl methyl sites for hydroxylation is 2. The number of hydrogen-bond acceptors (Lipinski definition) is 7. The first-order valence-corrected chi connectivity index (χ1v) is 10.1. The molecule has 4 heterocycles. The largest absolute Gasteiger partial charge is 0.390 e. The number of rotatable bonds is 3. The maximum absolute atomic E-state index is 13.0. The van der Waals surface area contributed by atoms with Gasteiger partial charge in [-0.2, -0.15) is 10.1 Å². The van der Waals surface area contributed by atoms with Crippen LogP contribution in [0.1, 0.15) is 44.2 Å². The first-order chi connectivity index (χ1) is 14.3. The first-order valence-electron chi connectivity index (χ1n) is 10.1. The molecule has 0 bridgehead atoms. The Bertz CT molecular complexity index is 1320. The zero-order chi connectivity index (χ0) is 21.0. The van der Waals surface area contributed by atoms with E-state index in [2.05, 4.69) is 25.4 Å². The van der Waals surface area contributed by atoms with E-state index in [1.165, 1.54) is 6.33 Å². The quantitative estimate of drug-likeness (QED) is 0.533. The summed E-state index contributed by atoms with van der Waals surface area (Å²) in [4.78, 5) is 26.3. The Kier molecular flexibility index (Phi) is 4.14. The van der Waals surface area contributed by atoms with Gasteiger partial charge in [0.05, 0.1) is 23.7 Å². The van der Waals surface area contributed by atoms with Crippen molar-refractivity contribution in [3.8, 4) is 0 Å². The van der Waals surface area contributed by atoms with E-state index in [0.717, 1.165) is 36.2 Å². The van der Waals surface area contributed by atoms with Gasteiger partial charge in [0.15, 0.2) is 11.3 Å². The van der Waals surface area contributed by atoms with Crippen LogP contribution < -0.4 is 11.0 Å². The summed E-state index contributed by atoms with van der Waals surface area (Å²) in [6.45, 7) is 3.80. The van der Waals surface area contributed by atoms with Crippen LogP contribution in [-0.2, 0) is 7.05 Å². The van der Waals surface area contributed by atoms with E-state index < -0.39 is 5.60 Å². The molecule has 4 aromatic heterocycles. The molecular formula is C20H24N8O2. The minimum atomic E-state index is -0.775. The minimum absolute atomic E-state index is 0.0964. The standard InChI is InChI=1S/C20H24N8O2/c1-12-7-16-22-11-23-27(16)10-14(12)24-18-21-9-15-17(25-18)28(19(29)26(15)3)13-5-4-6-20(2,30)8-13/h7,9-11,13,30H,4-6,8H2,1-3H3,(H,21,24,25). The highest BCUT2D eigenvalue weighted by molar-refractivity contribution is 5.73. The monoisotopic (exact) mass is 408 g/mol. The van der Waals surface area contributed by atoms with Crippen molar-refractivity contribution >= 4 is 28.4 Å². The van der Waals surface area contributed by atoms with E-state index in [4.69, 9.17) is 0 Å². The van der Waals surface area contributed by atoms with E-state index in [-0.39, 0.29) is 11.7 Å². The van der Waals surface area contributed by atoms with Crippen molar-refractivity contribution in [1.82, 2.24) is 33.7 Å². The third kappa shape index (κ3) is 3.04. The molecule has 1 aliphatic carbocycles. The average molecular weight is 408 g/mol. The van der Waals surface area contributed by atoms with E-state index in [1.54, 1.807) is 26.9 Å². The second-order valence-corrected chi connectivity index (χ2v) is 8.42. The van der Waals surface area contributed by atoms with Gasteiger partial charge in [0, 0.05) is 13.1 Å². The summed E-state index contributed by atoms with van der Waals surface area (Å²) in [6, 6.07) is 1.83. The summed E-state index contributed by atoms with van der Waals surface area (Å²) in [5.74, 6) is 0.395. The van der Waals surface area contributed by atoms with Gasteiger partial charge in [0.1, 0.15) is 11.8 Å². The van der Waals surface area contributed by atoms with Gasteiger partial charge in [0.25, 0.3) is 0 Å². The molecule has 156 valence electrons. The zero-order valence-electron chi connectivity index (χ0n) is 17.2. The van der Waals surface area contributed by atoms with Crippen molar-refractivity contribution in [3.63, 3.8) is 0 Å². The summed E-state index contributed by atoms with van der Waals surface area (Å²) in [6.07, 6.45) is 7.98. The predicted molar refractivity (Wildman–Crippen MR) is 112 cm³/mol. The zero-order valence-corrected chi connectivity index (χ0v) is 17.2. The lowest BCUT2D eigenvalue weighted by Crippen LogP contribution is -2.36. The van der Waals surface area contributed by atoms with Crippen LogP contribution in [0.2, 0.25) is 0 Å². The SMILES string of the molecule is Cc1cc2ncnn2cc1Nc1ncc2c(n1)n(C1CCCC(C)(O)C1)c(=O)n2C. The Hall–Kier alpha value is -3.27. The summed E-state index contributed by atoms with van der Waals surface area (Å²) in [7, 11) is 1.72. The second-order valence-electron chi connectivity index (χ2n) is 8.42. The smallest absolute Gasteiger partial charge is 0.330 e. The molecule has 5 rings (SSSR count). The third-order valence-corrected chi connectivity index (χ3v) is 5.99. The van der Waals surface area contributed by atoms with Gasteiger partial charge in [0.2, 0.25) is 5.95 Å². The Morgan fingerprint density at radius 2 is 2.17 bits per heavy atom. The molecule has 1 aliphatic rings. The van der Waals surface area contributed by atoms with E-state index >= 15 is 0 Å². The van der Waals surface area contributed by atoms with Crippen molar-refractivity contribution < 1.29 is 5.11 Å². The molecule has 10 heteroatoms. The fourth-order valence-corrected chi connectivity index (χ4v) is 4.38. The molecule has 0 spiro atoms. The number of nitrogens with zero attached hydrogens (tertiary/aromatic N) is 7. The molecule has 30 heavy (non-hydrogen) atoms. The van der Waals surface area contributed by atoms with Crippen LogP contribution in [0.15, 0.2) is 29.6 Å². The van der Waals surface area contributed by atoms with Gasteiger partial charge in [-0.05, 0) is 51.2 Å². The summed E-state index contributed by atoms with van der Waals surface area (Å²) >= 11 is 0. The van der Waals surface area contributed by atoms with E-state index in [0.29, 0.717) is 23.5 Å². The van der Waals surface area contributed by atoms with E-state index in [1.807, 2.05) is 26.1 Å². The van der Waals surface area contributed by atoms with Gasteiger partial charge < -0.3 is 10.4 Å². The molecular weight excluding hydrogens is 384 g/mol. The normalized spacial score (nSPS) is 22.1. The van der Waals surface area contributed by atoms with Crippen LogP contribution in [0.5, 0.6) is 0 Å². The van der Waals surface area contributed by atoms with E-state index in [9.17, 15) is 9.90 Å². The lowest BCUT2D eigenvalue weighted by Gasteiger charge is -2.34. The molecule has 0 aromatic carbocycles. The fourth-order valence-electron chi connectivity index (χ4n) is 4.38. The fraction of sp³-hybridized carbons (Fsp3) is 0.450. The second kappa shape index (κ2) is 6.63.